The first-order valence-electron chi connectivity index (χ1n) is 7.81. The van der Waals surface area contributed by atoms with Crippen LogP contribution in [-0.4, -0.2) is 38.1 Å². The number of ether oxygens (including phenoxy) is 2. The number of hydrogen-bond donors (Lipinski definition) is 2. The van der Waals surface area contributed by atoms with Crippen molar-refractivity contribution in [3.8, 4) is 0 Å². The first-order chi connectivity index (χ1) is 11.4. The number of amides is 1. The van der Waals surface area contributed by atoms with Gasteiger partial charge in [0.1, 0.15) is 0 Å². The fourth-order valence-corrected chi connectivity index (χ4v) is 2.94. The third kappa shape index (κ3) is 5.44. The SMILES string of the molecule is COC(=O)c1cc(NC(=O)C[C@@H]2CCC[C@H]2N)cc(C(=O)OC)c1.Cl. The van der Waals surface area contributed by atoms with E-state index in [1.807, 2.05) is 0 Å². The van der Waals surface area contributed by atoms with E-state index in [-0.39, 0.29) is 41.4 Å². The first-order valence-corrected chi connectivity index (χ1v) is 7.81. The number of hydrogen-bond acceptors (Lipinski definition) is 6. The summed E-state index contributed by atoms with van der Waals surface area (Å²) in [5, 5.41) is 2.72. The Kier molecular flexibility index (Phi) is 7.86. The Bertz CT molecular complexity index is 616. The average molecular weight is 371 g/mol. The van der Waals surface area contributed by atoms with Gasteiger partial charge in [-0.25, -0.2) is 9.59 Å². The minimum atomic E-state index is -0.603. The molecule has 0 aliphatic heterocycles. The normalized spacial score (nSPS) is 18.8. The molecular weight excluding hydrogens is 348 g/mol. The van der Waals surface area contributed by atoms with Crippen molar-refractivity contribution in [2.75, 3.05) is 19.5 Å². The van der Waals surface area contributed by atoms with E-state index >= 15 is 0 Å². The van der Waals surface area contributed by atoms with Crippen molar-refractivity contribution < 1.29 is 23.9 Å². The predicted octanol–water partition coefficient (Wildman–Crippen LogP) is 2.14. The summed E-state index contributed by atoms with van der Waals surface area (Å²) in [5.41, 5.74) is 6.65. The summed E-state index contributed by atoms with van der Waals surface area (Å²) in [6.07, 6.45) is 3.22. The molecule has 0 bridgehead atoms. The Morgan fingerprint density at radius 3 is 2.08 bits per heavy atom. The number of benzene rings is 1. The van der Waals surface area contributed by atoms with Crippen LogP contribution in [0.15, 0.2) is 18.2 Å². The lowest BCUT2D eigenvalue weighted by atomic mass is 10.00. The Hall–Kier alpha value is -2.12. The van der Waals surface area contributed by atoms with E-state index in [1.165, 1.54) is 32.4 Å². The number of carbonyl (C=O) groups is 3. The van der Waals surface area contributed by atoms with Gasteiger partial charge in [0.05, 0.1) is 25.3 Å². The Morgan fingerprint density at radius 1 is 1.08 bits per heavy atom. The second-order valence-corrected chi connectivity index (χ2v) is 5.89. The summed E-state index contributed by atoms with van der Waals surface area (Å²) in [7, 11) is 2.49. The topological polar surface area (TPSA) is 108 Å². The van der Waals surface area contributed by atoms with Crippen molar-refractivity contribution in [2.45, 2.75) is 31.7 Å². The highest BCUT2D eigenvalue weighted by atomic mass is 35.5. The van der Waals surface area contributed by atoms with E-state index in [4.69, 9.17) is 5.73 Å². The molecule has 0 saturated heterocycles. The number of methoxy groups -OCH3 is 2. The van der Waals surface area contributed by atoms with Crippen LogP contribution in [0.2, 0.25) is 0 Å². The molecular formula is C17H23ClN2O5. The van der Waals surface area contributed by atoms with Gasteiger partial charge in [0, 0.05) is 18.2 Å². The van der Waals surface area contributed by atoms with Crippen LogP contribution in [0.4, 0.5) is 5.69 Å². The fraction of sp³-hybridized carbons (Fsp3) is 0.471. The lowest BCUT2D eigenvalue weighted by molar-refractivity contribution is -0.117. The highest BCUT2D eigenvalue weighted by Crippen LogP contribution is 2.27. The smallest absolute Gasteiger partial charge is 0.337 e. The maximum atomic E-state index is 12.2. The number of nitrogens with one attached hydrogen (secondary N) is 1. The number of rotatable bonds is 5. The molecule has 3 N–H and O–H groups in total. The zero-order valence-corrected chi connectivity index (χ0v) is 15.1. The molecule has 1 aliphatic carbocycles. The molecule has 1 amide bonds. The third-order valence-electron chi connectivity index (χ3n) is 4.22. The standard InChI is InChI=1S/C17H22N2O5.ClH/c1-23-16(21)11-6-12(17(22)24-2)8-13(7-11)19-15(20)9-10-4-3-5-14(10)18;/h6-8,10,14H,3-5,9,18H2,1-2H3,(H,19,20);1H/t10-,14+;/m0./s1. The van der Waals surface area contributed by atoms with Gasteiger partial charge in [-0.3, -0.25) is 4.79 Å². The highest BCUT2D eigenvalue weighted by Gasteiger charge is 2.26. The van der Waals surface area contributed by atoms with Crippen LogP contribution in [0.3, 0.4) is 0 Å². The van der Waals surface area contributed by atoms with Gasteiger partial charge in [-0.2, -0.15) is 0 Å². The fourth-order valence-electron chi connectivity index (χ4n) is 2.94. The van der Waals surface area contributed by atoms with Crippen molar-refractivity contribution in [2.24, 2.45) is 11.7 Å². The summed E-state index contributed by atoms with van der Waals surface area (Å²) < 4.78 is 9.33. The predicted molar refractivity (Wildman–Crippen MR) is 94.9 cm³/mol. The number of esters is 2. The molecule has 8 heteroatoms. The van der Waals surface area contributed by atoms with Crippen molar-refractivity contribution in [1.29, 1.82) is 0 Å². The molecule has 0 radical (unpaired) electrons. The second-order valence-electron chi connectivity index (χ2n) is 5.89. The van der Waals surface area contributed by atoms with Crippen molar-refractivity contribution >= 4 is 35.9 Å². The molecule has 2 rings (SSSR count). The van der Waals surface area contributed by atoms with Gasteiger partial charge in [-0.05, 0) is 37.0 Å². The quantitative estimate of drug-likeness (QED) is 0.769. The van der Waals surface area contributed by atoms with Gasteiger partial charge in [-0.1, -0.05) is 6.42 Å². The van der Waals surface area contributed by atoms with E-state index in [9.17, 15) is 14.4 Å². The molecule has 7 nitrogen and oxygen atoms in total. The van der Waals surface area contributed by atoms with Crippen LogP contribution in [0.25, 0.3) is 0 Å². The zero-order chi connectivity index (χ0) is 17.7. The summed E-state index contributed by atoms with van der Waals surface area (Å²) >= 11 is 0. The third-order valence-corrected chi connectivity index (χ3v) is 4.22. The molecule has 1 aliphatic rings. The molecule has 0 unspecified atom stereocenters. The number of carbonyl (C=O) groups excluding carboxylic acids is 3. The largest absolute Gasteiger partial charge is 0.465 e. The maximum Gasteiger partial charge on any atom is 0.337 e. The van der Waals surface area contributed by atoms with Gasteiger partial charge < -0.3 is 20.5 Å². The monoisotopic (exact) mass is 370 g/mol. The Morgan fingerprint density at radius 2 is 1.64 bits per heavy atom. The van der Waals surface area contributed by atoms with Crippen LogP contribution < -0.4 is 11.1 Å². The van der Waals surface area contributed by atoms with Crippen molar-refractivity contribution in [3.63, 3.8) is 0 Å². The molecule has 0 aromatic heterocycles. The summed E-state index contributed by atoms with van der Waals surface area (Å²) in [6.45, 7) is 0. The zero-order valence-electron chi connectivity index (χ0n) is 14.2. The van der Waals surface area contributed by atoms with Crippen LogP contribution in [-0.2, 0) is 14.3 Å². The van der Waals surface area contributed by atoms with E-state index in [0.717, 1.165) is 19.3 Å². The van der Waals surface area contributed by atoms with Crippen LogP contribution in [0, 0.1) is 5.92 Å². The molecule has 0 heterocycles. The van der Waals surface area contributed by atoms with Gasteiger partial charge in [-0.15, -0.1) is 12.4 Å². The van der Waals surface area contributed by atoms with Gasteiger partial charge in [0.25, 0.3) is 0 Å². The molecule has 1 aromatic rings. The summed E-state index contributed by atoms with van der Waals surface area (Å²) in [4.78, 5) is 35.7. The highest BCUT2D eigenvalue weighted by molar-refractivity contribution is 5.99. The van der Waals surface area contributed by atoms with Gasteiger partial charge >= 0.3 is 11.9 Å². The second kappa shape index (κ2) is 9.39. The first kappa shape index (κ1) is 20.9. The van der Waals surface area contributed by atoms with E-state index in [0.29, 0.717) is 12.1 Å². The van der Waals surface area contributed by atoms with E-state index in [2.05, 4.69) is 14.8 Å². The van der Waals surface area contributed by atoms with Crippen molar-refractivity contribution in [3.05, 3.63) is 29.3 Å². The number of halogens is 1. The minimum absolute atomic E-state index is 0. The number of nitrogens with two attached hydrogens (primary N) is 1. The van der Waals surface area contributed by atoms with E-state index in [1.54, 1.807) is 0 Å². The lowest BCUT2D eigenvalue weighted by Crippen LogP contribution is -2.28. The Labute approximate surface area is 152 Å². The molecule has 1 aromatic carbocycles. The lowest BCUT2D eigenvalue weighted by Gasteiger charge is -2.15. The van der Waals surface area contributed by atoms with Crippen LogP contribution in [0.1, 0.15) is 46.4 Å². The van der Waals surface area contributed by atoms with Gasteiger partial charge in [0.2, 0.25) is 5.91 Å². The minimum Gasteiger partial charge on any atom is -0.465 e. The molecule has 138 valence electrons. The van der Waals surface area contributed by atoms with Crippen molar-refractivity contribution in [1.82, 2.24) is 0 Å². The maximum absolute atomic E-state index is 12.2. The van der Waals surface area contributed by atoms with Crippen LogP contribution in [0.5, 0.6) is 0 Å². The molecule has 1 saturated carbocycles. The Balaban J connectivity index is 0.00000312. The van der Waals surface area contributed by atoms with Gasteiger partial charge in [0.15, 0.2) is 0 Å². The molecule has 25 heavy (non-hydrogen) atoms. The molecule has 2 atom stereocenters. The average Bonchev–Trinajstić information content (AvgIpc) is 2.97. The van der Waals surface area contributed by atoms with Crippen LogP contribution >= 0.6 is 12.4 Å². The molecule has 1 fully saturated rings. The summed E-state index contributed by atoms with van der Waals surface area (Å²) in [5.74, 6) is -1.24. The summed E-state index contributed by atoms with van der Waals surface area (Å²) in [6, 6.07) is 4.33. The number of anilines is 1. The molecule has 0 spiro atoms. The van der Waals surface area contributed by atoms with E-state index < -0.39 is 11.9 Å².